The predicted octanol–water partition coefficient (Wildman–Crippen LogP) is 4.31. The van der Waals surface area contributed by atoms with Crippen molar-refractivity contribution >= 4 is 12.0 Å². The van der Waals surface area contributed by atoms with Crippen LogP contribution in [-0.2, 0) is 0 Å². The van der Waals surface area contributed by atoms with Crippen LogP contribution in [0.1, 0.15) is 68.4 Å². The predicted molar refractivity (Wildman–Crippen MR) is 81.3 cm³/mol. The summed E-state index contributed by atoms with van der Waals surface area (Å²) in [4.78, 5) is 13.7. The van der Waals surface area contributed by atoms with Crippen LogP contribution in [0, 0.1) is 6.92 Å². The van der Waals surface area contributed by atoms with Gasteiger partial charge < -0.3 is 4.90 Å². The van der Waals surface area contributed by atoms with Gasteiger partial charge in [0, 0.05) is 22.8 Å². The number of carbonyl (C=O) groups excluding carboxylic acids is 1. The summed E-state index contributed by atoms with van der Waals surface area (Å²) in [6.45, 7) is 13.4. The molecule has 0 fully saturated rings. The molecular formula is C17H25NO. The summed E-state index contributed by atoms with van der Waals surface area (Å²) in [7, 11) is 0. The van der Waals surface area contributed by atoms with Crippen LogP contribution < -0.4 is 4.90 Å². The highest BCUT2D eigenvalue weighted by molar-refractivity contribution is 5.80. The first kappa shape index (κ1) is 14.1. The molecule has 104 valence electrons. The topological polar surface area (TPSA) is 20.3 Å². The van der Waals surface area contributed by atoms with E-state index in [1.807, 2.05) is 6.92 Å². The third-order valence-electron chi connectivity index (χ3n) is 4.31. The minimum absolute atomic E-state index is 0.162. The van der Waals surface area contributed by atoms with E-state index in [9.17, 15) is 4.79 Å². The first-order valence-corrected chi connectivity index (χ1v) is 7.17. The van der Waals surface area contributed by atoms with Gasteiger partial charge in [0.15, 0.2) is 0 Å². The van der Waals surface area contributed by atoms with Crippen molar-refractivity contribution in [2.75, 3.05) is 4.90 Å². The highest BCUT2D eigenvalue weighted by atomic mass is 16.1. The van der Waals surface area contributed by atoms with Gasteiger partial charge in [-0.3, -0.25) is 4.79 Å². The number of carbonyl (C=O) groups is 1. The molecule has 0 N–H and O–H groups in total. The zero-order valence-corrected chi connectivity index (χ0v) is 12.9. The quantitative estimate of drug-likeness (QED) is 0.738. The van der Waals surface area contributed by atoms with Crippen LogP contribution in [0.2, 0.25) is 0 Å². The number of anilines is 1. The summed E-state index contributed by atoms with van der Waals surface area (Å²) in [5.41, 5.74) is 4.69. The van der Waals surface area contributed by atoms with Gasteiger partial charge in [-0.2, -0.15) is 0 Å². The highest BCUT2D eigenvalue weighted by Gasteiger charge is 2.37. The number of nitrogens with zero attached hydrogens (tertiary/aromatic N) is 1. The molecular weight excluding hydrogens is 234 g/mol. The standard InChI is InChI=1S/C17H25NO/c1-11(2)18-16-7-12(3)14(10-19)8-15(16)13(4)9-17(18,5)6/h7-8,10-11,13H,9H2,1-6H3. The van der Waals surface area contributed by atoms with E-state index in [0.29, 0.717) is 12.0 Å². The van der Waals surface area contributed by atoms with Gasteiger partial charge in [-0.1, -0.05) is 6.92 Å². The van der Waals surface area contributed by atoms with E-state index < -0.39 is 0 Å². The Kier molecular flexibility index (Phi) is 3.46. The summed E-state index contributed by atoms with van der Waals surface area (Å²) in [5, 5.41) is 0. The average Bonchev–Trinajstić information content (AvgIpc) is 2.26. The zero-order valence-electron chi connectivity index (χ0n) is 12.9. The molecule has 0 amide bonds. The molecule has 1 aromatic carbocycles. The van der Waals surface area contributed by atoms with Gasteiger partial charge >= 0.3 is 0 Å². The second-order valence-corrected chi connectivity index (χ2v) is 6.77. The lowest BCUT2D eigenvalue weighted by Crippen LogP contribution is -2.51. The molecule has 1 aliphatic rings. The monoisotopic (exact) mass is 259 g/mol. The molecule has 19 heavy (non-hydrogen) atoms. The molecule has 0 aliphatic carbocycles. The van der Waals surface area contributed by atoms with Crippen LogP contribution in [0.5, 0.6) is 0 Å². The van der Waals surface area contributed by atoms with E-state index in [4.69, 9.17) is 0 Å². The molecule has 1 unspecified atom stereocenters. The van der Waals surface area contributed by atoms with Crippen molar-refractivity contribution in [3.05, 3.63) is 28.8 Å². The van der Waals surface area contributed by atoms with Gasteiger partial charge in [-0.05, 0) is 70.2 Å². The fourth-order valence-corrected chi connectivity index (χ4v) is 3.72. The third kappa shape index (κ3) is 2.29. The molecule has 0 spiro atoms. The Morgan fingerprint density at radius 2 is 2.00 bits per heavy atom. The van der Waals surface area contributed by atoms with Crippen molar-refractivity contribution in [2.45, 2.75) is 65.5 Å². The van der Waals surface area contributed by atoms with E-state index in [2.05, 4.69) is 51.7 Å². The second kappa shape index (κ2) is 4.66. The molecule has 2 heteroatoms. The van der Waals surface area contributed by atoms with Crippen molar-refractivity contribution in [2.24, 2.45) is 0 Å². The molecule has 2 rings (SSSR count). The van der Waals surface area contributed by atoms with E-state index >= 15 is 0 Å². The Balaban J connectivity index is 2.65. The van der Waals surface area contributed by atoms with E-state index in [0.717, 1.165) is 23.8 Å². The molecule has 1 atom stereocenters. The van der Waals surface area contributed by atoms with Crippen LogP contribution in [0.15, 0.2) is 12.1 Å². The van der Waals surface area contributed by atoms with Gasteiger partial charge in [-0.25, -0.2) is 0 Å². The maximum atomic E-state index is 11.1. The van der Waals surface area contributed by atoms with Gasteiger partial charge in [0.2, 0.25) is 0 Å². The lowest BCUT2D eigenvalue weighted by molar-refractivity contribution is 0.112. The zero-order chi connectivity index (χ0) is 14.4. The van der Waals surface area contributed by atoms with Gasteiger partial charge in [0.1, 0.15) is 6.29 Å². The van der Waals surface area contributed by atoms with Gasteiger partial charge in [0.25, 0.3) is 0 Å². The molecule has 1 aromatic rings. The van der Waals surface area contributed by atoms with Crippen molar-refractivity contribution in [3.63, 3.8) is 0 Å². The summed E-state index contributed by atoms with van der Waals surface area (Å²) >= 11 is 0. The molecule has 0 radical (unpaired) electrons. The molecule has 1 heterocycles. The lowest BCUT2D eigenvalue weighted by atomic mass is 9.78. The first-order chi connectivity index (χ1) is 8.77. The molecule has 0 aromatic heterocycles. The number of hydrogen-bond acceptors (Lipinski definition) is 2. The number of fused-ring (bicyclic) bond motifs is 1. The summed E-state index contributed by atoms with van der Waals surface area (Å²) in [5.74, 6) is 0.499. The van der Waals surface area contributed by atoms with Crippen LogP contribution in [0.25, 0.3) is 0 Å². The number of aryl methyl sites for hydroxylation is 1. The number of rotatable bonds is 2. The molecule has 1 aliphatic heterocycles. The Bertz CT molecular complexity index is 502. The molecule has 0 bridgehead atoms. The van der Waals surface area contributed by atoms with Crippen LogP contribution in [0.4, 0.5) is 5.69 Å². The summed E-state index contributed by atoms with van der Waals surface area (Å²) in [6, 6.07) is 4.74. The fourth-order valence-electron chi connectivity index (χ4n) is 3.72. The first-order valence-electron chi connectivity index (χ1n) is 7.17. The van der Waals surface area contributed by atoms with Crippen molar-refractivity contribution in [3.8, 4) is 0 Å². The normalized spacial score (nSPS) is 21.4. The minimum Gasteiger partial charge on any atom is -0.364 e. The van der Waals surface area contributed by atoms with Crippen LogP contribution >= 0.6 is 0 Å². The average molecular weight is 259 g/mol. The maximum absolute atomic E-state index is 11.1. The fraction of sp³-hybridized carbons (Fsp3) is 0.588. The van der Waals surface area contributed by atoms with Crippen LogP contribution in [-0.4, -0.2) is 17.9 Å². The Labute approximate surface area is 116 Å². The maximum Gasteiger partial charge on any atom is 0.150 e. The van der Waals surface area contributed by atoms with E-state index in [-0.39, 0.29) is 5.54 Å². The van der Waals surface area contributed by atoms with Crippen molar-refractivity contribution < 1.29 is 4.79 Å². The lowest BCUT2D eigenvalue weighted by Gasteiger charge is -2.50. The number of benzene rings is 1. The second-order valence-electron chi connectivity index (χ2n) is 6.77. The summed E-state index contributed by atoms with van der Waals surface area (Å²) in [6.07, 6.45) is 2.10. The Morgan fingerprint density at radius 1 is 1.37 bits per heavy atom. The Hall–Kier alpha value is -1.31. The molecule has 2 nitrogen and oxygen atoms in total. The minimum atomic E-state index is 0.162. The van der Waals surface area contributed by atoms with Crippen molar-refractivity contribution in [1.29, 1.82) is 0 Å². The Morgan fingerprint density at radius 3 is 2.53 bits per heavy atom. The third-order valence-corrected chi connectivity index (χ3v) is 4.31. The largest absolute Gasteiger partial charge is 0.364 e. The van der Waals surface area contributed by atoms with Gasteiger partial charge in [0.05, 0.1) is 0 Å². The smallest absolute Gasteiger partial charge is 0.150 e. The molecule has 0 saturated carbocycles. The molecule has 0 saturated heterocycles. The van der Waals surface area contributed by atoms with Gasteiger partial charge in [-0.15, -0.1) is 0 Å². The van der Waals surface area contributed by atoms with Crippen molar-refractivity contribution in [1.82, 2.24) is 0 Å². The highest BCUT2D eigenvalue weighted by Crippen LogP contribution is 2.45. The number of hydrogen-bond donors (Lipinski definition) is 0. The number of aldehydes is 1. The van der Waals surface area contributed by atoms with E-state index in [1.165, 1.54) is 11.3 Å². The van der Waals surface area contributed by atoms with Crippen LogP contribution in [0.3, 0.4) is 0 Å². The summed E-state index contributed by atoms with van der Waals surface area (Å²) < 4.78 is 0. The SMILES string of the molecule is Cc1cc2c(cc1C=O)C(C)CC(C)(C)N2C(C)C. The van der Waals surface area contributed by atoms with E-state index in [1.54, 1.807) is 0 Å².